The van der Waals surface area contributed by atoms with Gasteiger partial charge in [-0.1, -0.05) is 18.2 Å². The Morgan fingerprint density at radius 2 is 2.00 bits per heavy atom. The molecule has 0 aromatic heterocycles. The van der Waals surface area contributed by atoms with Crippen LogP contribution < -0.4 is 0 Å². The van der Waals surface area contributed by atoms with E-state index in [2.05, 4.69) is 0 Å². The SMILES string of the molecule is Cc1cccc2c1C(=O)C(C(=O)OC(C)(C)C)C2. The Morgan fingerprint density at radius 3 is 2.56 bits per heavy atom. The number of ether oxygens (including phenoxy) is 1. The van der Waals surface area contributed by atoms with E-state index in [-0.39, 0.29) is 5.78 Å². The van der Waals surface area contributed by atoms with Crippen LogP contribution in [0.1, 0.15) is 42.3 Å². The molecule has 18 heavy (non-hydrogen) atoms. The van der Waals surface area contributed by atoms with Crippen LogP contribution in [0.15, 0.2) is 18.2 Å². The summed E-state index contributed by atoms with van der Waals surface area (Å²) in [6.45, 7) is 7.32. The number of aryl methyl sites for hydroxylation is 1. The van der Waals surface area contributed by atoms with Crippen molar-refractivity contribution >= 4 is 11.8 Å². The quantitative estimate of drug-likeness (QED) is 0.565. The fourth-order valence-corrected chi connectivity index (χ4v) is 2.30. The van der Waals surface area contributed by atoms with Gasteiger partial charge in [-0.3, -0.25) is 9.59 Å². The van der Waals surface area contributed by atoms with Crippen LogP contribution in [0.25, 0.3) is 0 Å². The van der Waals surface area contributed by atoms with Crippen molar-refractivity contribution in [2.75, 3.05) is 0 Å². The summed E-state index contributed by atoms with van der Waals surface area (Å²) in [6.07, 6.45) is 0.463. The normalized spacial score (nSPS) is 18.7. The van der Waals surface area contributed by atoms with Crippen LogP contribution in [0.3, 0.4) is 0 Å². The van der Waals surface area contributed by atoms with Crippen LogP contribution in [0.2, 0.25) is 0 Å². The van der Waals surface area contributed by atoms with Gasteiger partial charge >= 0.3 is 5.97 Å². The van der Waals surface area contributed by atoms with E-state index < -0.39 is 17.5 Å². The van der Waals surface area contributed by atoms with Crippen molar-refractivity contribution in [2.45, 2.75) is 39.7 Å². The molecule has 0 aliphatic heterocycles. The van der Waals surface area contributed by atoms with Gasteiger partial charge in [-0.15, -0.1) is 0 Å². The molecule has 2 rings (SSSR count). The first-order valence-electron chi connectivity index (χ1n) is 6.15. The Balaban J connectivity index is 2.25. The van der Waals surface area contributed by atoms with Gasteiger partial charge < -0.3 is 4.74 Å². The molecule has 0 radical (unpaired) electrons. The van der Waals surface area contributed by atoms with E-state index in [9.17, 15) is 9.59 Å². The number of benzene rings is 1. The summed E-state index contributed by atoms with van der Waals surface area (Å²) in [4.78, 5) is 24.3. The second-order valence-corrected chi connectivity index (χ2v) is 5.76. The van der Waals surface area contributed by atoms with Gasteiger partial charge in [0, 0.05) is 5.56 Å². The lowest BCUT2D eigenvalue weighted by atomic mass is 10.0. The van der Waals surface area contributed by atoms with Gasteiger partial charge in [-0.05, 0) is 45.2 Å². The molecule has 96 valence electrons. The van der Waals surface area contributed by atoms with E-state index in [1.165, 1.54) is 0 Å². The molecule has 1 aromatic rings. The number of hydrogen-bond acceptors (Lipinski definition) is 3. The Hall–Kier alpha value is -1.64. The zero-order valence-corrected chi connectivity index (χ0v) is 11.2. The topological polar surface area (TPSA) is 43.4 Å². The van der Waals surface area contributed by atoms with Crippen LogP contribution in [-0.2, 0) is 16.0 Å². The van der Waals surface area contributed by atoms with E-state index >= 15 is 0 Å². The van der Waals surface area contributed by atoms with E-state index in [1.807, 2.05) is 45.9 Å². The van der Waals surface area contributed by atoms with Crippen molar-refractivity contribution in [1.29, 1.82) is 0 Å². The Kier molecular flexibility index (Phi) is 3.01. The molecule has 1 aliphatic rings. The molecule has 0 N–H and O–H groups in total. The maximum absolute atomic E-state index is 12.2. The summed E-state index contributed by atoms with van der Waals surface area (Å²) in [5, 5.41) is 0. The fraction of sp³-hybridized carbons (Fsp3) is 0.467. The molecular weight excluding hydrogens is 228 g/mol. The average Bonchev–Trinajstić information content (AvgIpc) is 2.55. The molecule has 0 fully saturated rings. The molecule has 1 aliphatic carbocycles. The number of ketones is 1. The van der Waals surface area contributed by atoms with Crippen molar-refractivity contribution in [2.24, 2.45) is 5.92 Å². The smallest absolute Gasteiger partial charge is 0.317 e. The van der Waals surface area contributed by atoms with Gasteiger partial charge in [0.2, 0.25) is 0 Å². The second-order valence-electron chi connectivity index (χ2n) is 5.76. The van der Waals surface area contributed by atoms with Gasteiger partial charge in [0.05, 0.1) is 0 Å². The molecule has 0 saturated heterocycles. The van der Waals surface area contributed by atoms with Crippen molar-refractivity contribution in [3.05, 3.63) is 34.9 Å². The van der Waals surface area contributed by atoms with Crippen LogP contribution in [0.5, 0.6) is 0 Å². The highest BCUT2D eigenvalue weighted by Gasteiger charge is 2.39. The number of Topliss-reactive ketones (excluding diaryl/α,β-unsaturated/α-hetero) is 1. The average molecular weight is 246 g/mol. The number of esters is 1. The van der Waals surface area contributed by atoms with Gasteiger partial charge in [0.1, 0.15) is 11.5 Å². The highest BCUT2D eigenvalue weighted by atomic mass is 16.6. The molecule has 3 heteroatoms. The summed E-state index contributed by atoms with van der Waals surface area (Å²) in [5.41, 5.74) is 2.04. The zero-order valence-electron chi connectivity index (χ0n) is 11.2. The predicted molar refractivity (Wildman–Crippen MR) is 68.5 cm³/mol. The van der Waals surface area contributed by atoms with Crippen LogP contribution in [0.4, 0.5) is 0 Å². The van der Waals surface area contributed by atoms with Crippen LogP contribution >= 0.6 is 0 Å². The van der Waals surface area contributed by atoms with Crippen molar-refractivity contribution in [3.63, 3.8) is 0 Å². The fourth-order valence-electron chi connectivity index (χ4n) is 2.30. The number of rotatable bonds is 1. The van der Waals surface area contributed by atoms with Crippen molar-refractivity contribution in [3.8, 4) is 0 Å². The summed E-state index contributed by atoms with van der Waals surface area (Å²) in [5.74, 6) is -1.18. The molecule has 1 atom stereocenters. The third-order valence-electron chi connectivity index (χ3n) is 3.04. The minimum Gasteiger partial charge on any atom is -0.459 e. The molecule has 0 amide bonds. The molecule has 0 saturated carbocycles. The molecule has 0 heterocycles. The van der Waals surface area contributed by atoms with E-state index in [1.54, 1.807) is 0 Å². The number of hydrogen-bond donors (Lipinski definition) is 0. The first-order valence-corrected chi connectivity index (χ1v) is 6.15. The molecule has 0 spiro atoms. The predicted octanol–water partition coefficient (Wildman–Crippen LogP) is 2.69. The van der Waals surface area contributed by atoms with Gasteiger partial charge in [0.25, 0.3) is 0 Å². The molecule has 0 bridgehead atoms. The van der Waals surface area contributed by atoms with Crippen LogP contribution in [0, 0.1) is 12.8 Å². The van der Waals surface area contributed by atoms with E-state index in [0.29, 0.717) is 12.0 Å². The number of fused-ring (bicyclic) bond motifs is 1. The number of carbonyl (C=O) groups excluding carboxylic acids is 2. The standard InChI is InChI=1S/C15H18O3/c1-9-6-5-7-10-8-11(13(16)12(9)10)14(17)18-15(2,3)4/h5-7,11H,8H2,1-4H3. The van der Waals surface area contributed by atoms with Gasteiger partial charge in [0.15, 0.2) is 5.78 Å². The Bertz CT molecular complexity index is 509. The maximum atomic E-state index is 12.2. The highest BCUT2D eigenvalue weighted by Crippen LogP contribution is 2.30. The maximum Gasteiger partial charge on any atom is 0.317 e. The minimum absolute atomic E-state index is 0.0997. The Morgan fingerprint density at radius 1 is 1.33 bits per heavy atom. The molecular formula is C15H18O3. The first kappa shape index (κ1) is 12.8. The lowest BCUT2D eigenvalue weighted by molar-refractivity contribution is -0.157. The molecule has 3 nitrogen and oxygen atoms in total. The molecule has 1 aromatic carbocycles. The minimum atomic E-state index is -0.666. The third kappa shape index (κ3) is 2.30. The lowest BCUT2D eigenvalue weighted by Crippen LogP contribution is -2.31. The summed E-state index contributed by atoms with van der Waals surface area (Å²) in [6, 6.07) is 5.72. The van der Waals surface area contributed by atoms with Gasteiger partial charge in [-0.25, -0.2) is 0 Å². The van der Waals surface area contributed by atoms with E-state index in [0.717, 1.165) is 11.1 Å². The second kappa shape index (κ2) is 4.23. The van der Waals surface area contributed by atoms with Gasteiger partial charge in [-0.2, -0.15) is 0 Å². The van der Waals surface area contributed by atoms with Crippen LogP contribution in [-0.4, -0.2) is 17.4 Å². The summed E-state index contributed by atoms with van der Waals surface area (Å²) >= 11 is 0. The third-order valence-corrected chi connectivity index (χ3v) is 3.04. The number of carbonyl (C=O) groups is 2. The monoisotopic (exact) mass is 246 g/mol. The van der Waals surface area contributed by atoms with E-state index in [4.69, 9.17) is 4.74 Å². The first-order chi connectivity index (χ1) is 8.29. The summed E-state index contributed by atoms with van der Waals surface area (Å²) < 4.78 is 5.30. The largest absolute Gasteiger partial charge is 0.459 e. The van der Waals surface area contributed by atoms with Crippen molar-refractivity contribution in [1.82, 2.24) is 0 Å². The molecule has 1 unspecified atom stereocenters. The summed E-state index contributed by atoms with van der Waals surface area (Å²) in [7, 11) is 0. The Labute approximate surface area is 107 Å². The highest BCUT2D eigenvalue weighted by molar-refractivity contribution is 6.13. The zero-order chi connectivity index (χ0) is 13.5. The lowest BCUT2D eigenvalue weighted by Gasteiger charge is -2.21. The van der Waals surface area contributed by atoms with Crippen molar-refractivity contribution < 1.29 is 14.3 Å².